The van der Waals surface area contributed by atoms with E-state index < -0.39 is 0 Å². The molecule has 0 aliphatic heterocycles. The Labute approximate surface area is 146 Å². The summed E-state index contributed by atoms with van der Waals surface area (Å²) in [5.41, 5.74) is 5.28. The van der Waals surface area contributed by atoms with E-state index in [4.69, 9.17) is 0 Å². The number of imidazole rings is 1. The largest absolute Gasteiger partial charge is 0.348 e. The number of benzene rings is 2. The lowest BCUT2D eigenvalue weighted by molar-refractivity contribution is 0.262. The van der Waals surface area contributed by atoms with E-state index in [0.717, 1.165) is 36.3 Å². The van der Waals surface area contributed by atoms with Crippen molar-refractivity contribution < 1.29 is 4.79 Å². The van der Waals surface area contributed by atoms with Crippen LogP contribution in [0.1, 0.15) is 35.6 Å². The first-order valence-electron chi connectivity index (χ1n) is 8.54. The van der Waals surface area contributed by atoms with Crippen molar-refractivity contribution in [3.63, 3.8) is 0 Å². The lowest BCUT2D eigenvalue weighted by atomic mass is 9.80. The van der Waals surface area contributed by atoms with Crippen LogP contribution in [0.25, 0.3) is 0 Å². The van der Waals surface area contributed by atoms with E-state index in [2.05, 4.69) is 26.7 Å². The summed E-state index contributed by atoms with van der Waals surface area (Å²) in [6, 6.07) is 15.4. The Balaban J connectivity index is 1.57. The SMILES string of the molecule is O=C(Nc1ccccc1)Nc1cccc2c1CCCC2c1cnc[nH]1. The van der Waals surface area contributed by atoms with Crippen LogP contribution in [0.2, 0.25) is 0 Å². The maximum Gasteiger partial charge on any atom is 0.323 e. The van der Waals surface area contributed by atoms with Crippen LogP contribution in [-0.4, -0.2) is 16.0 Å². The van der Waals surface area contributed by atoms with Crippen LogP contribution in [0.4, 0.5) is 16.2 Å². The summed E-state index contributed by atoms with van der Waals surface area (Å²) in [4.78, 5) is 19.7. The summed E-state index contributed by atoms with van der Waals surface area (Å²) in [5.74, 6) is 0.310. The number of carbonyl (C=O) groups is 1. The minimum absolute atomic E-state index is 0.219. The van der Waals surface area contributed by atoms with Crippen molar-refractivity contribution in [2.24, 2.45) is 0 Å². The number of carbonyl (C=O) groups excluding carboxylic acids is 1. The molecule has 0 saturated heterocycles. The maximum absolute atomic E-state index is 12.3. The molecule has 5 nitrogen and oxygen atoms in total. The van der Waals surface area contributed by atoms with Crippen LogP contribution in [0, 0.1) is 0 Å². The Morgan fingerprint density at radius 2 is 1.96 bits per heavy atom. The molecule has 4 rings (SSSR count). The van der Waals surface area contributed by atoms with E-state index in [1.165, 1.54) is 11.1 Å². The van der Waals surface area contributed by atoms with Gasteiger partial charge in [-0.05, 0) is 48.6 Å². The number of fused-ring (bicyclic) bond motifs is 1. The number of para-hydroxylation sites is 1. The van der Waals surface area contributed by atoms with E-state index >= 15 is 0 Å². The van der Waals surface area contributed by atoms with Gasteiger partial charge in [0.2, 0.25) is 0 Å². The first-order chi connectivity index (χ1) is 12.3. The summed E-state index contributed by atoms with van der Waals surface area (Å²) in [6.07, 6.45) is 6.77. The van der Waals surface area contributed by atoms with Crippen LogP contribution >= 0.6 is 0 Å². The third kappa shape index (κ3) is 3.26. The second-order valence-corrected chi connectivity index (χ2v) is 6.27. The number of hydrogen-bond donors (Lipinski definition) is 3. The number of rotatable bonds is 3. The fraction of sp³-hybridized carbons (Fsp3) is 0.200. The number of urea groups is 1. The molecule has 2 amide bonds. The minimum Gasteiger partial charge on any atom is -0.348 e. The Morgan fingerprint density at radius 1 is 1.08 bits per heavy atom. The van der Waals surface area contributed by atoms with Gasteiger partial charge in [0.25, 0.3) is 0 Å². The molecule has 1 aromatic heterocycles. The van der Waals surface area contributed by atoms with Gasteiger partial charge in [-0.15, -0.1) is 0 Å². The third-order valence-electron chi connectivity index (χ3n) is 4.68. The second-order valence-electron chi connectivity index (χ2n) is 6.27. The zero-order chi connectivity index (χ0) is 17.1. The van der Waals surface area contributed by atoms with Crippen molar-refractivity contribution in [1.29, 1.82) is 0 Å². The highest BCUT2D eigenvalue weighted by atomic mass is 16.2. The van der Waals surface area contributed by atoms with Crippen LogP contribution in [-0.2, 0) is 6.42 Å². The van der Waals surface area contributed by atoms with Crippen LogP contribution < -0.4 is 10.6 Å². The zero-order valence-electron chi connectivity index (χ0n) is 13.8. The molecule has 0 radical (unpaired) electrons. The number of aromatic nitrogens is 2. The molecular weight excluding hydrogens is 312 g/mol. The second kappa shape index (κ2) is 6.81. The predicted molar refractivity (Wildman–Crippen MR) is 98.9 cm³/mol. The van der Waals surface area contributed by atoms with E-state index in [1.54, 1.807) is 6.33 Å². The molecule has 3 N–H and O–H groups in total. The fourth-order valence-corrected chi connectivity index (χ4v) is 3.55. The normalized spacial score (nSPS) is 16.1. The van der Waals surface area contributed by atoms with E-state index in [9.17, 15) is 4.79 Å². The highest BCUT2D eigenvalue weighted by Crippen LogP contribution is 2.38. The number of H-pyrrole nitrogens is 1. The minimum atomic E-state index is -0.219. The molecule has 1 atom stereocenters. The molecule has 2 aromatic carbocycles. The molecule has 0 fully saturated rings. The molecule has 0 bridgehead atoms. The van der Waals surface area contributed by atoms with Gasteiger partial charge in [-0.25, -0.2) is 9.78 Å². The summed E-state index contributed by atoms with van der Waals surface area (Å²) in [7, 11) is 0. The van der Waals surface area contributed by atoms with Crippen molar-refractivity contribution in [3.8, 4) is 0 Å². The Kier molecular flexibility index (Phi) is 4.21. The van der Waals surface area contributed by atoms with Gasteiger partial charge in [-0.3, -0.25) is 0 Å². The van der Waals surface area contributed by atoms with Gasteiger partial charge in [0.05, 0.1) is 6.33 Å². The number of nitrogens with one attached hydrogen (secondary N) is 3. The molecule has 0 saturated carbocycles. The third-order valence-corrected chi connectivity index (χ3v) is 4.68. The first-order valence-corrected chi connectivity index (χ1v) is 8.54. The Bertz CT molecular complexity index is 859. The summed E-state index contributed by atoms with van der Waals surface area (Å²) in [6.45, 7) is 0. The van der Waals surface area contributed by atoms with Gasteiger partial charge in [-0.1, -0.05) is 30.3 Å². The first kappa shape index (κ1) is 15.4. The van der Waals surface area contributed by atoms with Gasteiger partial charge >= 0.3 is 6.03 Å². The van der Waals surface area contributed by atoms with Crippen LogP contribution in [0.3, 0.4) is 0 Å². The average molecular weight is 332 g/mol. The quantitative estimate of drug-likeness (QED) is 0.660. The standard InChI is InChI=1S/C20H20N4O/c25-20(23-14-6-2-1-3-7-14)24-18-11-5-8-15-16(18)9-4-10-17(15)19-12-21-13-22-19/h1-3,5-8,11-13,17H,4,9-10H2,(H,21,22)(H2,23,24,25). The van der Waals surface area contributed by atoms with E-state index in [1.807, 2.05) is 48.7 Å². The smallest absolute Gasteiger partial charge is 0.323 e. The number of anilines is 2. The lowest BCUT2D eigenvalue weighted by Crippen LogP contribution is -2.22. The predicted octanol–water partition coefficient (Wildman–Crippen LogP) is 4.52. The highest BCUT2D eigenvalue weighted by molar-refractivity contribution is 6.00. The molecule has 1 unspecified atom stereocenters. The molecule has 1 aliphatic rings. The van der Waals surface area contributed by atoms with Gasteiger partial charge in [0.15, 0.2) is 0 Å². The number of amides is 2. The van der Waals surface area contributed by atoms with Crippen molar-refractivity contribution in [3.05, 3.63) is 77.9 Å². The number of hydrogen-bond acceptors (Lipinski definition) is 2. The van der Waals surface area contributed by atoms with Gasteiger partial charge in [0.1, 0.15) is 0 Å². The van der Waals surface area contributed by atoms with E-state index in [0.29, 0.717) is 5.92 Å². The summed E-state index contributed by atoms with van der Waals surface area (Å²) in [5, 5.41) is 5.88. The summed E-state index contributed by atoms with van der Waals surface area (Å²) >= 11 is 0. The molecule has 126 valence electrons. The highest BCUT2D eigenvalue weighted by Gasteiger charge is 2.24. The van der Waals surface area contributed by atoms with Gasteiger partial charge < -0.3 is 15.6 Å². The Morgan fingerprint density at radius 3 is 2.76 bits per heavy atom. The Hall–Kier alpha value is -3.08. The van der Waals surface area contributed by atoms with E-state index in [-0.39, 0.29) is 6.03 Å². The molecule has 5 heteroatoms. The van der Waals surface area contributed by atoms with Crippen LogP contribution in [0.15, 0.2) is 61.1 Å². The van der Waals surface area contributed by atoms with Gasteiger partial charge in [0, 0.05) is 29.2 Å². The van der Waals surface area contributed by atoms with Crippen molar-refractivity contribution in [2.45, 2.75) is 25.2 Å². The lowest BCUT2D eigenvalue weighted by Gasteiger charge is -2.26. The number of nitrogens with zero attached hydrogens (tertiary/aromatic N) is 1. The van der Waals surface area contributed by atoms with Crippen molar-refractivity contribution >= 4 is 17.4 Å². The molecule has 3 aromatic rings. The zero-order valence-corrected chi connectivity index (χ0v) is 13.8. The van der Waals surface area contributed by atoms with Crippen molar-refractivity contribution in [1.82, 2.24) is 9.97 Å². The topological polar surface area (TPSA) is 69.8 Å². The molecular formula is C20H20N4O. The van der Waals surface area contributed by atoms with Gasteiger partial charge in [-0.2, -0.15) is 0 Å². The fourth-order valence-electron chi connectivity index (χ4n) is 3.55. The molecule has 0 spiro atoms. The van der Waals surface area contributed by atoms with Crippen molar-refractivity contribution in [2.75, 3.05) is 10.6 Å². The molecule has 25 heavy (non-hydrogen) atoms. The maximum atomic E-state index is 12.3. The molecule has 1 heterocycles. The monoisotopic (exact) mass is 332 g/mol. The summed E-state index contributed by atoms with van der Waals surface area (Å²) < 4.78 is 0. The number of aromatic amines is 1. The molecule has 1 aliphatic carbocycles. The average Bonchev–Trinajstić information content (AvgIpc) is 3.17. The van der Waals surface area contributed by atoms with Crippen LogP contribution in [0.5, 0.6) is 0 Å².